The zero-order chi connectivity index (χ0) is 23.8. The second kappa shape index (κ2) is 9.17. The van der Waals surface area contributed by atoms with Crippen molar-refractivity contribution >= 4 is 28.2 Å². The number of rotatable bonds is 5. The monoisotopic (exact) mass is 479 g/mol. The van der Waals surface area contributed by atoms with Crippen LogP contribution in [0.5, 0.6) is 0 Å². The van der Waals surface area contributed by atoms with Gasteiger partial charge in [0.2, 0.25) is 0 Å². The Morgan fingerprint density at radius 2 is 2.15 bits per heavy atom. The van der Waals surface area contributed by atoms with E-state index in [-0.39, 0.29) is 11.6 Å². The summed E-state index contributed by atoms with van der Waals surface area (Å²) in [5.74, 6) is 1.26. The Morgan fingerprint density at radius 1 is 1.29 bits per heavy atom. The van der Waals surface area contributed by atoms with Crippen LogP contribution < -0.4 is 16.2 Å². The summed E-state index contributed by atoms with van der Waals surface area (Å²) in [5, 5.41) is 22.0. The summed E-state index contributed by atoms with van der Waals surface area (Å²) in [5.41, 5.74) is 3.93. The fraction of sp³-hybridized carbons (Fsp3) is 0.333. The van der Waals surface area contributed by atoms with Gasteiger partial charge in [-0.1, -0.05) is 17.7 Å². The molecule has 0 saturated carbocycles. The number of β-amino-alcohol motifs (C(OH)–C–C–N with tert-alkyl or cyclic N) is 1. The maximum Gasteiger partial charge on any atom is 0.258 e. The van der Waals surface area contributed by atoms with Gasteiger partial charge in [0, 0.05) is 25.4 Å². The Balaban J connectivity index is 1.40. The van der Waals surface area contributed by atoms with Gasteiger partial charge in [0.25, 0.3) is 5.56 Å². The number of nitrogens with zero attached hydrogens (tertiary/aromatic N) is 4. The second-order valence-corrected chi connectivity index (χ2v) is 9.12. The Labute approximate surface area is 201 Å². The number of aromatic amines is 1. The van der Waals surface area contributed by atoms with Crippen LogP contribution in [0.15, 0.2) is 41.5 Å². The first-order valence-corrected chi connectivity index (χ1v) is 11.6. The molecule has 1 aromatic carbocycles. The highest BCUT2D eigenvalue weighted by atomic mass is 35.5. The van der Waals surface area contributed by atoms with Crippen molar-refractivity contribution in [1.29, 1.82) is 0 Å². The molecule has 1 aliphatic rings. The molecule has 0 unspecified atom stereocenters. The Hall–Kier alpha value is -3.27. The zero-order valence-electron chi connectivity index (χ0n) is 19.0. The Kier molecular flexibility index (Phi) is 6.07. The van der Waals surface area contributed by atoms with Crippen molar-refractivity contribution in [3.05, 3.63) is 74.7 Å². The number of aryl methyl sites for hydroxylation is 2. The normalized spacial score (nSPS) is 18.4. The van der Waals surface area contributed by atoms with Crippen LogP contribution in [0.2, 0.25) is 5.02 Å². The molecule has 3 aromatic heterocycles. The molecule has 9 nitrogen and oxygen atoms in total. The second-order valence-electron chi connectivity index (χ2n) is 8.72. The molecule has 34 heavy (non-hydrogen) atoms. The van der Waals surface area contributed by atoms with Crippen molar-refractivity contribution < 1.29 is 5.11 Å². The lowest BCUT2D eigenvalue weighted by molar-refractivity contribution is 0.128. The quantitative estimate of drug-likeness (QED) is 0.347. The van der Waals surface area contributed by atoms with Crippen LogP contribution in [0.25, 0.3) is 16.7 Å². The summed E-state index contributed by atoms with van der Waals surface area (Å²) in [6.07, 6.45) is 4.38. The number of halogens is 1. The van der Waals surface area contributed by atoms with Crippen molar-refractivity contribution in [2.45, 2.75) is 38.8 Å². The fourth-order valence-corrected chi connectivity index (χ4v) is 4.34. The largest absolute Gasteiger partial charge is 0.390 e. The van der Waals surface area contributed by atoms with Gasteiger partial charge >= 0.3 is 0 Å². The molecule has 4 heterocycles. The number of nitrogens with one attached hydrogen (secondary N) is 3. The molecule has 0 bridgehead atoms. The standard InChI is InChI=1S/C24H26ClN7O2/c1-13-12-32(31-14(13)2)23-4-3-15(10-27-23)7-22-29-19-9-20(17(25)8-16(19)24(34)30-22)28-18-5-6-26-11-21(18)33/h3-4,8-10,12,18,21,26,28,33H,5-7,11H2,1-2H3,(H,29,30,34)/t18-,21-/m1/s1. The summed E-state index contributed by atoms with van der Waals surface area (Å²) >= 11 is 6.43. The third kappa shape index (κ3) is 4.54. The van der Waals surface area contributed by atoms with Crippen LogP contribution in [0.3, 0.4) is 0 Å². The van der Waals surface area contributed by atoms with E-state index in [2.05, 4.69) is 30.7 Å². The topological polar surface area (TPSA) is 121 Å². The molecule has 176 valence electrons. The number of anilines is 1. The third-order valence-corrected chi connectivity index (χ3v) is 6.51. The first-order valence-electron chi connectivity index (χ1n) is 11.2. The molecular formula is C24H26ClN7O2. The number of aliphatic hydroxyl groups is 1. The highest BCUT2D eigenvalue weighted by molar-refractivity contribution is 6.34. The van der Waals surface area contributed by atoms with Crippen LogP contribution >= 0.6 is 11.6 Å². The van der Waals surface area contributed by atoms with E-state index in [1.807, 2.05) is 32.2 Å². The zero-order valence-corrected chi connectivity index (χ0v) is 19.7. The smallest absolute Gasteiger partial charge is 0.258 e. The summed E-state index contributed by atoms with van der Waals surface area (Å²) in [6, 6.07) is 7.12. The summed E-state index contributed by atoms with van der Waals surface area (Å²) in [6.45, 7) is 5.31. The number of hydrogen-bond acceptors (Lipinski definition) is 7. The average molecular weight is 480 g/mol. The molecule has 4 aromatic rings. The van der Waals surface area contributed by atoms with E-state index in [1.165, 1.54) is 0 Å². The van der Waals surface area contributed by atoms with Gasteiger partial charge in [-0.3, -0.25) is 4.79 Å². The first-order chi connectivity index (χ1) is 16.4. The lowest BCUT2D eigenvalue weighted by atomic mass is 10.0. The van der Waals surface area contributed by atoms with Crippen molar-refractivity contribution in [3.8, 4) is 5.82 Å². The minimum atomic E-state index is -0.520. The van der Waals surface area contributed by atoms with E-state index in [0.29, 0.717) is 40.4 Å². The molecule has 0 radical (unpaired) electrons. The molecule has 0 spiro atoms. The van der Waals surface area contributed by atoms with E-state index in [1.54, 1.807) is 23.0 Å². The number of aromatic nitrogens is 5. The number of hydrogen-bond donors (Lipinski definition) is 4. The van der Waals surface area contributed by atoms with Crippen LogP contribution in [-0.4, -0.2) is 55.1 Å². The van der Waals surface area contributed by atoms with E-state index in [4.69, 9.17) is 11.6 Å². The molecule has 2 atom stereocenters. The van der Waals surface area contributed by atoms with Gasteiger partial charge in [0.1, 0.15) is 5.82 Å². The van der Waals surface area contributed by atoms with Gasteiger partial charge in [0.15, 0.2) is 5.82 Å². The van der Waals surface area contributed by atoms with E-state index in [0.717, 1.165) is 35.6 Å². The number of benzene rings is 1. The molecule has 4 N–H and O–H groups in total. The summed E-state index contributed by atoms with van der Waals surface area (Å²) < 4.78 is 1.75. The van der Waals surface area contributed by atoms with Gasteiger partial charge in [0.05, 0.1) is 39.5 Å². The number of pyridine rings is 1. The molecule has 0 aliphatic carbocycles. The minimum absolute atomic E-state index is 0.121. The highest BCUT2D eigenvalue weighted by Crippen LogP contribution is 2.28. The molecule has 1 aliphatic heterocycles. The average Bonchev–Trinajstić information content (AvgIpc) is 3.15. The predicted octanol–water partition coefficient (Wildman–Crippen LogP) is 2.50. The van der Waals surface area contributed by atoms with Crippen LogP contribution in [0, 0.1) is 13.8 Å². The molecular weight excluding hydrogens is 454 g/mol. The maximum absolute atomic E-state index is 12.7. The lowest BCUT2D eigenvalue weighted by Gasteiger charge is -2.30. The number of piperidine rings is 1. The molecule has 5 rings (SSSR count). The van der Waals surface area contributed by atoms with Crippen molar-refractivity contribution in [2.75, 3.05) is 18.4 Å². The third-order valence-electron chi connectivity index (χ3n) is 6.19. The number of aliphatic hydroxyl groups excluding tert-OH is 1. The molecule has 0 amide bonds. The van der Waals surface area contributed by atoms with E-state index < -0.39 is 6.10 Å². The van der Waals surface area contributed by atoms with Crippen molar-refractivity contribution in [2.24, 2.45) is 0 Å². The van der Waals surface area contributed by atoms with E-state index in [9.17, 15) is 9.90 Å². The highest BCUT2D eigenvalue weighted by Gasteiger charge is 2.23. The van der Waals surface area contributed by atoms with Crippen LogP contribution in [-0.2, 0) is 6.42 Å². The number of H-pyrrole nitrogens is 1. The SMILES string of the molecule is Cc1cn(-c2ccc(Cc3nc4cc(N[C@@H]5CCNC[C@H]5O)c(Cl)cc4c(=O)[nH]3)cn2)nc1C. The van der Waals surface area contributed by atoms with Crippen molar-refractivity contribution in [1.82, 2.24) is 30.0 Å². The van der Waals surface area contributed by atoms with Crippen LogP contribution in [0.4, 0.5) is 5.69 Å². The maximum atomic E-state index is 12.7. The van der Waals surface area contributed by atoms with Gasteiger partial charge in [-0.2, -0.15) is 5.10 Å². The summed E-state index contributed by atoms with van der Waals surface area (Å²) in [7, 11) is 0. The van der Waals surface area contributed by atoms with Crippen LogP contribution in [0.1, 0.15) is 29.1 Å². The first kappa shape index (κ1) is 22.5. The summed E-state index contributed by atoms with van der Waals surface area (Å²) in [4.78, 5) is 24.7. The molecule has 1 fully saturated rings. The Morgan fingerprint density at radius 3 is 2.85 bits per heavy atom. The van der Waals surface area contributed by atoms with Gasteiger partial charge in [-0.05, 0) is 56.1 Å². The Bertz CT molecular complexity index is 1380. The van der Waals surface area contributed by atoms with Crippen molar-refractivity contribution in [3.63, 3.8) is 0 Å². The fourth-order valence-electron chi connectivity index (χ4n) is 4.13. The van der Waals surface area contributed by atoms with Gasteiger partial charge < -0.3 is 20.7 Å². The van der Waals surface area contributed by atoms with Gasteiger partial charge in [-0.15, -0.1) is 0 Å². The predicted molar refractivity (Wildman–Crippen MR) is 132 cm³/mol. The minimum Gasteiger partial charge on any atom is -0.390 e. The molecule has 10 heteroatoms. The van der Waals surface area contributed by atoms with Gasteiger partial charge in [-0.25, -0.2) is 14.6 Å². The molecule has 1 saturated heterocycles. The van der Waals surface area contributed by atoms with E-state index >= 15 is 0 Å². The number of fused-ring (bicyclic) bond motifs is 1. The lowest BCUT2D eigenvalue weighted by Crippen LogP contribution is -2.47.